The van der Waals surface area contributed by atoms with Crippen molar-refractivity contribution in [2.24, 2.45) is 0 Å². The molecule has 0 fully saturated rings. The SMILES string of the molecule is COc1cccc([C@@H]2CC(=O)C3=C(C2)Nc2ccccc2N(C(=O)C(F)(F)F)[C@H]3c2ccc(F)cc2)c1. The Morgan fingerprint density at radius 2 is 1.70 bits per heavy atom. The number of allylic oxidation sites excluding steroid dienone is 1. The van der Waals surface area contributed by atoms with Crippen molar-refractivity contribution in [2.75, 3.05) is 17.3 Å². The summed E-state index contributed by atoms with van der Waals surface area (Å²) in [7, 11) is 1.54. The van der Waals surface area contributed by atoms with Crippen LogP contribution in [0.25, 0.3) is 0 Å². The van der Waals surface area contributed by atoms with Crippen molar-refractivity contribution >= 4 is 23.1 Å². The average Bonchev–Trinajstić information content (AvgIpc) is 3.02. The van der Waals surface area contributed by atoms with Gasteiger partial charge in [0.2, 0.25) is 0 Å². The van der Waals surface area contributed by atoms with E-state index in [-0.39, 0.29) is 34.9 Å². The molecule has 1 amide bonds. The van der Waals surface area contributed by atoms with Gasteiger partial charge in [0, 0.05) is 17.7 Å². The number of methoxy groups -OCH3 is 1. The number of para-hydroxylation sites is 2. The van der Waals surface area contributed by atoms with Crippen LogP contribution in [0.5, 0.6) is 5.75 Å². The van der Waals surface area contributed by atoms with Crippen LogP contribution in [0, 0.1) is 5.82 Å². The molecule has 0 bridgehead atoms. The standard InChI is InChI=1S/C28H22F4N2O3/c1-37-20-6-4-5-17(13-20)18-14-22-25(24(35)15-18)26(16-9-11-19(29)12-10-16)34(27(36)28(30,31)32)23-8-3-2-7-21(23)33-22/h2-13,18,26,33H,14-15H2,1H3/t18-,26-/m0/s1. The van der Waals surface area contributed by atoms with Crippen molar-refractivity contribution in [1.29, 1.82) is 0 Å². The van der Waals surface area contributed by atoms with Crippen molar-refractivity contribution in [3.8, 4) is 5.75 Å². The highest BCUT2D eigenvalue weighted by atomic mass is 19.4. The van der Waals surface area contributed by atoms with Gasteiger partial charge in [0.15, 0.2) is 5.78 Å². The van der Waals surface area contributed by atoms with E-state index in [4.69, 9.17) is 4.74 Å². The molecule has 2 aliphatic rings. The van der Waals surface area contributed by atoms with Gasteiger partial charge < -0.3 is 10.1 Å². The van der Waals surface area contributed by atoms with E-state index in [0.29, 0.717) is 22.8 Å². The molecule has 0 saturated heterocycles. The molecule has 0 saturated carbocycles. The number of halogens is 4. The van der Waals surface area contributed by atoms with Gasteiger partial charge in [-0.2, -0.15) is 13.2 Å². The van der Waals surface area contributed by atoms with Gasteiger partial charge in [-0.1, -0.05) is 36.4 Å². The Bertz CT molecular complexity index is 1400. The smallest absolute Gasteiger partial charge is 0.471 e. The number of fused-ring (bicyclic) bond motifs is 1. The van der Waals surface area contributed by atoms with E-state index in [2.05, 4.69) is 5.32 Å². The average molecular weight is 510 g/mol. The van der Waals surface area contributed by atoms with E-state index < -0.39 is 29.7 Å². The summed E-state index contributed by atoms with van der Waals surface area (Å²) in [6.07, 6.45) is -4.87. The minimum absolute atomic E-state index is 0.0236. The second-order valence-electron chi connectivity index (χ2n) is 8.97. The van der Waals surface area contributed by atoms with Crippen LogP contribution in [-0.4, -0.2) is 25.0 Å². The number of hydrogen-bond donors (Lipinski definition) is 1. The lowest BCUT2D eigenvalue weighted by Gasteiger charge is -2.35. The van der Waals surface area contributed by atoms with E-state index in [1.807, 2.05) is 18.2 Å². The maximum Gasteiger partial charge on any atom is 0.471 e. The zero-order valence-corrected chi connectivity index (χ0v) is 19.7. The zero-order valence-electron chi connectivity index (χ0n) is 19.7. The molecule has 1 aliphatic heterocycles. The van der Waals surface area contributed by atoms with Crippen LogP contribution in [0.4, 0.5) is 28.9 Å². The van der Waals surface area contributed by atoms with E-state index >= 15 is 0 Å². The van der Waals surface area contributed by atoms with Crippen LogP contribution in [0.2, 0.25) is 0 Å². The summed E-state index contributed by atoms with van der Waals surface area (Å²) < 4.78 is 60.8. The number of anilines is 2. The molecule has 0 radical (unpaired) electrons. The third-order valence-electron chi connectivity index (χ3n) is 6.70. The molecule has 9 heteroatoms. The van der Waals surface area contributed by atoms with Crippen LogP contribution >= 0.6 is 0 Å². The van der Waals surface area contributed by atoms with Gasteiger partial charge in [0.25, 0.3) is 0 Å². The molecule has 0 spiro atoms. The Labute approximate surface area is 210 Å². The van der Waals surface area contributed by atoms with Gasteiger partial charge in [0.05, 0.1) is 24.5 Å². The molecule has 1 aliphatic carbocycles. The number of benzene rings is 3. The molecular formula is C28H22F4N2O3. The normalized spacial score (nSPS) is 19.5. The summed E-state index contributed by atoms with van der Waals surface area (Å²) in [5.41, 5.74) is 1.75. The number of carbonyl (C=O) groups excluding carboxylic acids is 2. The first-order valence-electron chi connectivity index (χ1n) is 11.6. The lowest BCUT2D eigenvalue weighted by atomic mass is 9.78. The Hall–Kier alpha value is -4.14. The quantitative estimate of drug-likeness (QED) is 0.421. The van der Waals surface area contributed by atoms with Crippen LogP contribution in [0.1, 0.15) is 35.9 Å². The summed E-state index contributed by atoms with van der Waals surface area (Å²) in [6.45, 7) is 0. The fraction of sp³-hybridized carbons (Fsp3) is 0.214. The minimum atomic E-state index is -5.21. The second-order valence-corrected chi connectivity index (χ2v) is 8.97. The molecule has 0 aromatic heterocycles. The van der Waals surface area contributed by atoms with Gasteiger partial charge in [0.1, 0.15) is 11.6 Å². The number of rotatable bonds is 3. The molecule has 1 N–H and O–H groups in total. The molecule has 0 unspecified atom stereocenters. The fourth-order valence-electron chi connectivity index (χ4n) is 5.04. The summed E-state index contributed by atoms with van der Waals surface area (Å²) >= 11 is 0. The van der Waals surface area contributed by atoms with Crippen molar-refractivity contribution in [2.45, 2.75) is 31.0 Å². The first-order valence-corrected chi connectivity index (χ1v) is 11.6. The molecule has 3 aromatic carbocycles. The van der Waals surface area contributed by atoms with Gasteiger partial charge in [-0.05, 0) is 59.9 Å². The number of ketones is 1. The maximum absolute atomic E-state index is 13.9. The summed E-state index contributed by atoms with van der Waals surface area (Å²) in [6, 6.07) is 16.8. The number of amides is 1. The second kappa shape index (κ2) is 9.38. The van der Waals surface area contributed by atoms with E-state index in [0.717, 1.165) is 17.7 Å². The third-order valence-corrected chi connectivity index (χ3v) is 6.70. The van der Waals surface area contributed by atoms with Crippen molar-refractivity contribution < 1.29 is 31.9 Å². The fourth-order valence-corrected chi connectivity index (χ4v) is 5.04. The number of alkyl halides is 3. The number of carbonyl (C=O) groups is 2. The Kier molecular flexibility index (Phi) is 6.23. The van der Waals surface area contributed by atoms with Crippen LogP contribution in [-0.2, 0) is 9.59 Å². The molecular weight excluding hydrogens is 488 g/mol. The van der Waals surface area contributed by atoms with E-state index in [1.54, 1.807) is 18.2 Å². The first-order chi connectivity index (χ1) is 17.7. The lowest BCUT2D eigenvalue weighted by Crippen LogP contribution is -2.45. The lowest BCUT2D eigenvalue weighted by molar-refractivity contribution is -0.170. The Morgan fingerprint density at radius 1 is 0.973 bits per heavy atom. The number of nitrogens with one attached hydrogen (secondary N) is 1. The summed E-state index contributed by atoms with van der Waals surface area (Å²) in [5.74, 6) is -2.75. The molecule has 5 rings (SSSR count). The van der Waals surface area contributed by atoms with Gasteiger partial charge in [-0.15, -0.1) is 0 Å². The van der Waals surface area contributed by atoms with Crippen molar-refractivity contribution in [3.05, 3.63) is 101 Å². The zero-order chi connectivity index (χ0) is 26.3. The third kappa shape index (κ3) is 4.57. The molecule has 190 valence electrons. The summed E-state index contributed by atoms with van der Waals surface area (Å²) in [4.78, 5) is 27.2. The van der Waals surface area contributed by atoms with Gasteiger partial charge in [-0.25, -0.2) is 4.39 Å². The maximum atomic E-state index is 13.9. The van der Waals surface area contributed by atoms with Gasteiger partial charge in [-0.3, -0.25) is 14.5 Å². The number of Topliss-reactive ketones (excluding diaryl/α,β-unsaturated/α-hetero) is 1. The monoisotopic (exact) mass is 510 g/mol. The first kappa shape index (κ1) is 24.5. The molecule has 37 heavy (non-hydrogen) atoms. The number of nitrogens with zero attached hydrogens (tertiary/aromatic N) is 1. The predicted molar refractivity (Wildman–Crippen MR) is 130 cm³/mol. The highest BCUT2D eigenvalue weighted by Gasteiger charge is 2.50. The number of hydrogen-bond acceptors (Lipinski definition) is 4. The highest BCUT2D eigenvalue weighted by molar-refractivity contribution is 6.07. The summed E-state index contributed by atoms with van der Waals surface area (Å²) in [5, 5.41) is 3.16. The molecule has 5 nitrogen and oxygen atoms in total. The van der Waals surface area contributed by atoms with Crippen molar-refractivity contribution in [3.63, 3.8) is 0 Å². The Morgan fingerprint density at radius 3 is 2.41 bits per heavy atom. The molecule has 3 aromatic rings. The van der Waals surface area contributed by atoms with Crippen LogP contribution in [0.15, 0.2) is 84.1 Å². The van der Waals surface area contributed by atoms with Crippen molar-refractivity contribution in [1.82, 2.24) is 0 Å². The predicted octanol–water partition coefficient (Wildman–Crippen LogP) is 6.30. The van der Waals surface area contributed by atoms with E-state index in [1.165, 1.54) is 31.4 Å². The van der Waals surface area contributed by atoms with Crippen LogP contribution in [0.3, 0.4) is 0 Å². The molecule has 2 atom stereocenters. The Balaban J connectivity index is 1.71. The van der Waals surface area contributed by atoms with Crippen LogP contribution < -0.4 is 15.0 Å². The molecule has 1 heterocycles. The number of ether oxygens (including phenoxy) is 1. The minimum Gasteiger partial charge on any atom is -0.497 e. The highest BCUT2D eigenvalue weighted by Crippen LogP contribution is 2.48. The van der Waals surface area contributed by atoms with E-state index in [9.17, 15) is 27.2 Å². The van der Waals surface area contributed by atoms with Gasteiger partial charge >= 0.3 is 12.1 Å². The topological polar surface area (TPSA) is 58.6 Å². The largest absolute Gasteiger partial charge is 0.497 e.